The first kappa shape index (κ1) is 17.4. The lowest BCUT2D eigenvalue weighted by Crippen LogP contribution is -1.98. The predicted octanol–water partition coefficient (Wildman–Crippen LogP) is 4.37. The fourth-order valence-corrected chi connectivity index (χ4v) is 2.64. The molecular weight excluding hydrogens is 302 g/mol. The fourth-order valence-electron chi connectivity index (χ4n) is 2.64. The van der Waals surface area contributed by atoms with Gasteiger partial charge in [0.1, 0.15) is 5.75 Å². The van der Waals surface area contributed by atoms with Crippen LogP contribution in [0.5, 0.6) is 17.2 Å². The summed E-state index contributed by atoms with van der Waals surface area (Å²) < 4.78 is 16.0. The van der Waals surface area contributed by atoms with Crippen molar-refractivity contribution in [1.29, 1.82) is 5.26 Å². The van der Waals surface area contributed by atoms with Crippen LogP contribution >= 0.6 is 0 Å². The second-order valence-corrected chi connectivity index (χ2v) is 5.36. The summed E-state index contributed by atoms with van der Waals surface area (Å²) in [5.74, 6) is 2.08. The third kappa shape index (κ3) is 3.36. The summed E-state index contributed by atoms with van der Waals surface area (Å²) in [7, 11) is 4.84. The normalized spacial score (nSPS) is 11.3. The van der Waals surface area contributed by atoms with Gasteiger partial charge in [-0.3, -0.25) is 0 Å². The van der Waals surface area contributed by atoms with E-state index in [1.165, 1.54) is 0 Å². The van der Waals surface area contributed by atoms with E-state index in [9.17, 15) is 5.26 Å². The summed E-state index contributed by atoms with van der Waals surface area (Å²) in [6.07, 6.45) is 0. The van der Waals surface area contributed by atoms with Gasteiger partial charge in [0.05, 0.1) is 27.4 Å². The lowest BCUT2D eigenvalue weighted by molar-refractivity contribution is 0.354. The van der Waals surface area contributed by atoms with Gasteiger partial charge in [-0.25, -0.2) is 0 Å². The van der Waals surface area contributed by atoms with Crippen molar-refractivity contribution in [1.82, 2.24) is 0 Å². The number of aryl methyl sites for hydroxylation is 1. The van der Waals surface area contributed by atoms with E-state index in [4.69, 9.17) is 14.2 Å². The van der Waals surface area contributed by atoms with E-state index in [0.717, 1.165) is 28.0 Å². The van der Waals surface area contributed by atoms with Gasteiger partial charge in [0, 0.05) is 11.1 Å². The minimum atomic E-state index is 0.634. The molecule has 0 bridgehead atoms. The largest absolute Gasteiger partial charge is 0.497 e. The molecule has 2 aromatic rings. The number of hydrogen-bond acceptors (Lipinski definition) is 4. The van der Waals surface area contributed by atoms with Crippen LogP contribution < -0.4 is 14.2 Å². The third-order valence-corrected chi connectivity index (χ3v) is 3.92. The van der Waals surface area contributed by atoms with E-state index in [2.05, 4.69) is 6.07 Å². The number of ether oxygens (including phenoxy) is 3. The van der Waals surface area contributed by atoms with E-state index in [1.54, 1.807) is 21.3 Å². The molecule has 0 heterocycles. The van der Waals surface area contributed by atoms with Gasteiger partial charge in [0.2, 0.25) is 0 Å². The van der Waals surface area contributed by atoms with Gasteiger partial charge in [-0.1, -0.05) is 12.1 Å². The van der Waals surface area contributed by atoms with Crippen LogP contribution in [-0.2, 0) is 0 Å². The standard InChI is InChI=1S/C20H21NO3/c1-13-10-18(23-4)19(24-5)11-17(13)20(14(2)12-21)15-6-8-16(22-3)9-7-15/h6-11H,1-5H3/b20-14+. The van der Waals surface area contributed by atoms with Crippen LogP contribution in [0.3, 0.4) is 0 Å². The maximum Gasteiger partial charge on any atom is 0.161 e. The van der Waals surface area contributed by atoms with Gasteiger partial charge in [0.15, 0.2) is 11.5 Å². The summed E-state index contributed by atoms with van der Waals surface area (Å²) in [5, 5.41) is 9.46. The molecule has 0 aliphatic heterocycles. The summed E-state index contributed by atoms with van der Waals surface area (Å²) in [6.45, 7) is 3.81. The molecule has 0 aliphatic carbocycles. The second-order valence-electron chi connectivity index (χ2n) is 5.36. The number of allylic oxidation sites excluding steroid dienone is 1. The first-order valence-corrected chi connectivity index (χ1v) is 7.54. The quantitative estimate of drug-likeness (QED) is 0.767. The van der Waals surface area contributed by atoms with Crippen molar-refractivity contribution in [3.05, 3.63) is 58.7 Å². The number of rotatable bonds is 5. The highest BCUT2D eigenvalue weighted by molar-refractivity contribution is 5.86. The van der Waals surface area contributed by atoms with Crippen molar-refractivity contribution in [2.75, 3.05) is 21.3 Å². The van der Waals surface area contributed by atoms with Crippen molar-refractivity contribution in [2.45, 2.75) is 13.8 Å². The topological polar surface area (TPSA) is 51.5 Å². The fraction of sp³-hybridized carbons (Fsp3) is 0.250. The summed E-state index contributed by atoms with van der Waals surface area (Å²) >= 11 is 0. The van der Waals surface area contributed by atoms with Crippen molar-refractivity contribution in [3.8, 4) is 23.3 Å². The zero-order valence-electron chi connectivity index (χ0n) is 14.6. The molecule has 0 fully saturated rings. The molecule has 24 heavy (non-hydrogen) atoms. The molecule has 0 unspecified atom stereocenters. The molecule has 2 aromatic carbocycles. The van der Waals surface area contributed by atoms with E-state index in [0.29, 0.717) is 17.1 Å². The lowest BCUT2D eigenvalue weighted by atomic mass is 9.90. The third-order valence-electron chi connectivity index (χ3n) is 3.92. The molecule has 124 valence electrons. The lowest BCUT2D eigenvalue weighted by Gasteiger charge is -2.16. The maximum atomic E-state index is 9.46. The summed E-state index contributed by atoms with van der Waals surface area (Å²) in [6, 6.07) is 13.8. The van der Waals surface area contributed by atoms with Crippen LogP contribution in [0.2, 0.25) is 0 Å². The Balaban J connectivity index is 2.68. The summed E-state index contributed by atoms with van der Waals surface area (Å²) in [5.41, 5.74) is 4.41. The van der Waals surface area contributed by atoms with Crippen LogP contribution in [0, 0.1) is 18.3 Å². The predicted molar refractivity (Wildman–Crippen MR) is 94.6 cm³/mol. The van der Waals surface area contributed by atoms with Gasteiger partial charge < -0.3 is 14.2 Å². The average Bonchev–Trinajstić information content (AvgIpc) is 2.63. The Kier molecular flexibility index (Phi) is 5.49. The van der Waals surface area contributed by atoms with Gasteiger partial charge in [-0.15, -0.1) is 0 Å². The minimum Gasteiger partial charge on any atom is -0.497 e. The molecule has 0 amide bonds. The maximum absolute atomic E-state index is 9.46. The molecule has 0 saturated heterocycles. The van der Waals surface area contributed by atoms with Gasteiger partial charge in [-0.05, 0) is 54.8 Å². The van der Waals surface area contributed by atoms with Crippen molar-refractivity contribution >= 4 is 5.57 Å². The Labute approximate surface area is 142 Å². The van der Waals surface area contributed by atoms with Crippen LogP contribution in [0.15, 0.2) is 42.0 Å². The molecule has 0 saturated carbocycles. The van der Waals surface area contributed by atoms with Crippen LogP contribution in [0.4, 0.5) is 0 Å². The van der Waals surface area contributed by atoms with Crippen molar-refractivity contribution < 1.29 is 14.2 Å². The number of nitrogens with zero attached hydrogens (tertiary/aromatic N) is 1. The molecule has 0 radical (unpaired) electrons. The molecule has 0 aromatic heterocycles. The van der Waals surface area contributed by atoms with Gasteiger partial charge in [0.25, 0.3) is 0 Å². The molecule has 4 nitrogen and oxygen atoms in total. The Morgan fingerprint density at radius 1 is 0.917 bits per heavy atom. The first-order valence-electron chi connectivity index (χ1n) is 7.54. The molecule has 0 atom stereocenters. The van der Waals surface area contributed by atoms with E-state index >= 15 is 0 Å². The number of hydrogen-bond donors (Lipinski definition) is 0. The van der Waals surface area contributed by atoms with Crippen molar-refractivity contribution in [3.63, 3.8) is 0 Å². The molecule has 4 heteroatoms. The number of nitriles is 1. The van der Waals surface area contributed by atoms with E-state index in [1.807, 2.05) is 50.2 Å². The van der Waals surface area contributed by atoms with E-state index in [-0.39, 0.29) is 0 Å². The molecule has 0 N–H and O–H groups in total. The molecule has 0 spiro atoms. The monoisotopic (exact) mass is 323 g/mol. The molecule has 0 aliphatic rings. The van der Waals surface area contributed by atoms with Gasteiger partial charge >= 0.3 is 0 Å². The Bertz CT molecular complexity index is 799. The van der Waals surface area contributed by atoms with Crippen molar-refractivity contribution in [2.24, 2.45) is 0 Å². The molecule has 2 rings (SSSR count). The highest BCUT2D eigenvalue weighted by Crippen LogP contribution is 2.37. The first-order chi connectivity index (χ1) is 11.5. The molecular formula is C20H21NO3. The van der Waals surface area contributed by atoms with E-state index < -0.39 is 0 Å². The highest BCUT2D eigenvalue weighted by atomic mass is 16.5. The zero-order valence-corrected chi connectivity index (χ0v) is 14.6. The summed E-state index contributed by atoms with van der Waals surface area (Å²) in [4.78, 5) is 0. The van der Waals surface area contributed by atoms with Gasteiger partial charge in [-0.2, -0.15) is 5.26 Å². The van der Waals surface area contributed by atoms with Crippen LogP contribution in [-0.4, -0.2) is 21.3 Å². The zero-order chi connectivity index (χ0) is 17.7. The van der Waals surface area contributed by atoms with Crippen LogP contribution in [0.25, 0.3) is 5.57 Å². The number of benzene rings is 2. The second kappa shape index (κ2) is 7.56. The average molecular weight is 323 g/mol. The van der Waals surface area contributed by atoms with Crippen LogP contribution in [0.1, 0.15) is 23.6 Å². The SMILES string of the molecule is COc1ccc(/C(=C(/C)C#N)c2cc(OC)c(OC)cc2C)cc1. The minimum absolute atomic E-state index is 0.634. The Hall–Kier alpha value is -2.93. The Morgan fingerprint density at radius 3 is 2.00 bits per heavy atom. The number of methoxy groups -OCH3 is 3. The highest BCUT2D eigenvalue weighted by Gasteiger charge is 2.16. The Morgan fingerprint density at radius 2 is 1.50 bits per heavy atom. The smallest absolute Gasteiger partial charge is 0.161 e.